The van der Waals surface area contributed by atoms with Crippen LogP contribution in [0.1, 0.15) is 32.2 Å². The van der Waals surface area contributed by atoms with E-state index in [1.807, 2.05) is 6.07 Å². The molecular weight excluding hydrogens is 352 g/mol. The Morgan fingerprint density at radius 1 is 1.19 bits per heavy atom. The van der Waals surface area contributed by atoms with E-state index in [4.69, 9.17) is 16.0 Å². The van der Waals surface area contributed by atoms with E-state index in [-0.39, 0.29) is 17.1 Å². The number of carbonyl (C=O) groups excluding carboxylic acids is 2. The molecule has 0 spiro atoms. The number of Topliss-reactive ketones (excluding diaryl/α,β-unsaturated/α-hetero) is 1. The highest BCUT2D eigenvalue weighted by atomic mass is 35.5. The lowest BCUT2D eigenvalue weighted by Gasteiger charge is -1.98. The number of allylic oxidation sites excluding steroid dienone is 1. The largest absolute Gasteiger partial charge is 0.461 e. The van der Waals surface area contributed by atoms with Crippen LogP contribution in [-0.4, -0.2) is 16.1 Å². The normalized spacial score (nSPS) is 11.2. The van der Waals surface area contributed by atoms with Crippen molar-refractivity contribution in [3.63, 3.8) is 0 Å². The van der Waals surface area contributed by atoms with E-state index >= 15 is 0 Å². The highest BCUT2D eigenvalue weighted by Crippen LogP contribution is 2.19. The van der Waals surface area contributed by atoms with Crippen LogP contribution in [0.5, 0.6) is 0 Å². The van der Waals surface area contributed by atoms with Crippen LogP contribution in [0.25, 0.3) is 6.08 Å². The van der Waals surface area contributed by atoms with Gasteiger partial charge in [0.1, 0.15) is 11.6 Å². The number of hydrogen-bond acceptors (Lipinski definition) is 4. The summed E-state index contributed by atoms with van der Waals surface area (Å²) in [5.41, 5.74) is 1.43. The van der Waals surface area contributed by atoms with Crippen LogP contribution in [0.4, 0.5) is 0 Å². The predicted molar refractivity (Wildman–Crippen MR) is 96.9 cm³/mol. The van der Waals surface area contributed by atoms with Gasteiger partial charge in [0.15, 0.2) is 11.5 Å². The summed E-state index contributed by atoms with van der Waals surface area (Å²) in [5.74, 6) is -0.596. The number of halogens is 1. The van der Waals surface area contributed by atoms with Crippen LogP contribution in [-0.2, 0) is 7.05 Å². The van der Waals surface area contributed by atoms with E-state index in [1.165, 1.54) is 18.4 Å². The lowest BCUT2D eigenvalue weighted by Crippen LogP contribution is -2.01. The summed E-state index contributed by atoms with van der Waals surface area (Å²) in [6.07, 6.45) is 4.45. The number of nitriles is 1. The minimum atomic E-state index is -0.510. The fourth-order valence-electron chi connectivity index (χ4n) is 2.45. The standard InChI is InChI=1S/C20H13ClN2O3/c1-23-12-15(19(24)13-4-6-16(21)7-5-13)10-17(23)9-14(11-22)20(25)18-3-2-8-26-18/h2-10,12H,1H3. The Kier molecular flexibility index (Phi) is 4.87. The number of aromatic nitrogens is 1. The van der Waals surface area contributed by atoms with Crippen LogP contribution >= 0.6 is 11.6 Å². The molecule has 5 nitrogen and oxygen atoms in total. The predicted octanol–water partition coefficient (Wildman–Crippen LogP) is 4.29. The van der Waals surface area contributed by atoms with E-state index in [9.17, 15) is 14.9 Å². The third kappa shape index (κ3) is 3.51. The van der Waals surface area contributed by atoms with Gasteiger partial charge in [0.2, 0.25) is 5.78 Å². The smallest absolute Gasteiger partial charge is 0.238 e. The van der Waals surface area contributed by atoms with Crippen LogP contribution < -0.4 is 0 Å². The molecule has 0 unspecified atom stereocenters. The fourth-order valence-corrected chi connectivity index (χ4v) is 2.58. The molecular formula is C20H13ClN2O3. The van der Waals surface area contributed by atoms with Gasteiger partial charge in [-0.1, -0.05) is 11.6 Å². The Bertz CT molecular complexity index is 1040. The van der Waals surface area contributed by atoms with Gasteiger partial charge in [0.25, 0.3) is 0 Å². The van der Waals surface area contributed by atoms with Crippen LogP contribution in [0.15, 0.2) is 64.9 Å². The molecule has 26 heavy (non-hydrogen) atoms. The van der Waals surface area contributed by atoms with Crippen molar-refractivity contribution in [1.82, 2.24) is 4.57 Å². The molecule has 0 radical (unpaired) electrons. The van der Waals surface area contributed by atoms with E-state index in [0.717, 1.165) is 0 Å². The van der Waals surface area contributed by atoms with Crippen molar-refractivity contribution in [3.8, 4) is 6.07 Å². The summed E-state index contributed by atoms with van der Waals surface area (Å²) in [7, 11) is 1.73. The molecule has 0 N–H and O–H groups in total. The highest BCUT2D eigenvalue weighted by molar-refractivity contribution is 6.30. The average molecular weight is 365 g/mol. The Morgan fingerprint density at radius 2 is 1.92 bits per heavy atom. The quantitative estimate of drug-likeness (QED) is 0.384. The van der Waals surface area contributed by atoms with Crippen molar-refractivity contribution >= 4 is 29.2 Å². The first-order chi connectivity index (χ1) is 12.5. The van der Waals surface area contributed by atoms with Crippen molar-refractivity contribution in [1.29, 1.82) is 5.26 Å². The zero-order chi connectivity index (χ0) is 18.7. The molecule has 0 aliphatic carbocycles. The first kappa shape index (κ1) is 17.5. The number of rotatable bonds is 5. The monoisotopic (exact) mass is 364 g/mol. The SMILES string of the molecule is Cn1cc(C(=O)c2ccc(Cl)cc2)cc1C=C(C#N)C(=O)c1ccco1. The molecule has 128 valence electrons. The van der Waals surface area contributed by atoms with Crippen LogP contribution in [0, 0.1) is 11.3 Å². The molecule has 0 aliphatic heterocycles. The number of ketones is 2. The fraction of sp³-hybridized carbons (Fsp3) is 0.0500. The minimum Gasteiger partial charge on any atom is -0.461 e. The molecule has 0 bridgehead atoms. The van der Waals surface area contributed by atoms with Gasteiger partial charge in [-0.25, -0.2) is 0 Å². The van der Waals surface area contributed by atoms with Crippen molar-refractivity contribution < 1.29 is 14.0 Å². The van der Waals surface area contributed by atoms with Crippen LogP contribution in [0.2, 0.25) is 5.02 Å². The molecule has 0 aliphatic rings. The Balaban J connectivity index is 1.92. The summed E-state index contributed by atoms with van der Waals surface area (Å²) in [6.45, 7) is 0. The van der Waals surface area contributed by atoms with E-state index < -0.39 is 5.78 Å². The third-order valence-corrected chi connectivity index (χ3v) is 4.07. The van der Waals surface area contributed by atoms with Gasteiger partial charge in [0.05, 0.1) is 6.26 Å². The average Bonchev–Trinajstić information content (AvgIpc) is 3.29. The molecule has 6 heteroatoms. The van der Waals surface area contributed by atoms with Gasteiger partial charge in [-0.15, -0.1) is 0 Å². The number of furan rings is 1. The number of benzene rings is 1. The number of aryl methyl sites for hydroxylation is 1. The maximum Gasteiger partial charge on any atom is 0.238 e. The summed E-state index contributed by atoms with van der Waals surface area (Å²) in [6, 6.07) is 13.2. The maximum absolute atomic E-state index is 12.6. The van der Waals surface area contributed by atoms with E-state index in [1.54, 1.807) is 54.2 Å². The molecule has 1 aromatic carbocycles. The lowest BCUT2D eigenvalue weighted by atomic mass is 10.1. The molecule has 3 rings (SSSR count). The van der Waals surface area contributed by atoms with Crippen molar-refractivity contribution in [3.05, 3.63) is 88.1 Å². The molecule has 0 saturated carbocycles. The molecule has 0 amide bonds. The molecule has 3 aromatic rings. The highest BCUT2D eigenvalue weighted by Gasteiger charge is 2.17. The molecule has 2 heterocycles. The Morgan fingerprint density at radius 3 is 2.54 bits per heavy atom. The van der Waals surface area contributed by atoms with E-state index in [2.05, 4.69) is 0 Å². The molecule has 2 aromatic heterocycles. The van der Waals surface area contributed by atoms with Crippen molar-refractivity contribution in [2.45, 2.75) is 0 Å². The van der Waals surface area contributed by atoms with Gasteiger partial charge >= 0.3 is 0 Å². The topological polar surface area (TPSA) is 76.0 Å². The number of hydrogen-bond donors (Lipinski definition) is 0. The van der Waals surface area contributed by atoms with Gasteiger partial charge in [-0.3, -0.25) is 9.59 Å². The molecule has 0 atom stereocenters. The Labute approximate surface area is 154 Å². The zero-order valence-corrected chi connectivity index (χ0v) is 14.5. The Hall–Kier alpha value is -3.36. The first-order valence-corrected chi connectivity index (χ1v) is 8.04. The lowest BCUT2D eigenvalue weighted by molar-refractivity contribution is 0.101. The maximum atomic E-state index is 12.6. The van der Waals surface area contributed by atoms with Gasteiger partial charge < -0.3 is 8.98 Å². The third-order valence-electron chi connectivity index (χ3n) is 3.81. The van der Waals surface area contributed by atoms with Crippen molar-refractivity contribution in [2.24, 2.45) is 7.05 Å². The molecule has 0 saturated heterocycles. The molecule has 0 fully saturated rings. The van der Waals surface area contributed by atoms with Gasteiger partial charge in [0, 0.05) is 35.1 Å². The summed E-state index contributed by atoms with van der Waals surface area (Å²) in [5, 5.41) is 9.85. The van der Waals surface area contributed by atoms with Crippen molar-refractivity contribution in [2.75, 3.05) is 0 Å². The second-order valence-corrected chi connectivity index (χ2v) is 6.01. The van der Waals surface area contributed by atoms with Gasteiger partial charge in [-0.2, -0.15) is 5.26 Å². The number of nitrogens with zero attached hydrogens (tertiary/aromatic N) is 2. The summed E-state index contributed by atoms with van der Waals surface area (Å²) in [4.78, 5) is 24.8. The zero-order valence-electron chi connectivity index (χ0n) is 13.8. The van der Waals surface area contributed by atoms with Crippen LogP contribution in [0.3, 0.4) is 0 Å². The summed E-state index contributed by atoms with van der Waals surface area (Å²) >= 11 is 5.84. The minimum absolute atomic E-state index is 0.0772. The van der Waals surface area contributed by atoms with Gasteiger partial charge in [-0.05, 0) is 48.5 Å². The first-order valence-electron chi connectivity index (χ1n) is 7.66. The second-order valence-electron chi connectivity index (χ2n) is 5.58. The van der Waals surface area contributed by atoms with E-state index in [0.29, 0.717) is 21.8 Å². The summed E-state index contributed by atoms with van der Waals surface area (Å²) < 4.78 is 6.72. The number of carbonyl (C=O) groups is 2. The second kappa shape index (κ2) is 7.26.